The van der Waals surface area contributed by atoms with Crippen LogP contribution in [0.15, 0.2) is 94.2 Å². The van der Waals surface area contributed by atoms with Crippen molar-refractivity contribution in [2.24, 2.45) is 5.14 Å². The highest BCUT2D eigenvalue weighted by Gasteiger charge is 2.22. The van der Waals surface area contributed by atoms with Crippen molar-refractivity contribution in [3.05, 3.63) is 96.4 Å². The number of hydrogen-bond donors (Lipinski definition) is 1. The van der Waals surface area contributed by atoms with E-state index in [1.165, 1.54) is 11.6 Å². The summed E-state index contributed by atoms with van der Waals surface area (Å²) >= 11 is 0. The molecule has 0 amide bonds. The number of aromatic nitrogens is 1. The molecule has 5 nitrogen and oxygen atoms in total. The third-order valence-corrected chi connectivity index (χ3v) is 5.82. The third-order valence-electron chi connectivity index (χ3n) is 4.86. The van der Waals surface area contributed by atoms with Crippen LogP contribution in [0.2, 0.25) is 0 Å². The van der Waals surface area contributed by atoms with Gasteiger partial charge >= 0.3 is 0 Å². The first-order valence-corrected chi connectivity index (χ1v) is 11.3. The fourth-order valence-corrected chi connectivity index (χ4v) is 4.18. The van der Waals surface area contributed by atoms with Gasteiger partial charge < -0.3 is 4.42 Å². The molecule has 2 N–H and O–H groups in total. The maximum atomic E-state index is 12.1. The van der Waals surface area contributed by atoms with Gasteiger partial charge in [0.05, 0.1) is 4.90 Å². The van der Waals surface area contributed by atoms with Gasteiger partial charge in [-0.25, -0.2) is 18.5 Å². The number of benzene rings is 3. The van der Waals surface area contributed by atoms with Crippen molar-refractivity contribution in [1.29, 1.82) is 0 Å². The average molecular weight is 419 g/mol. The van der Waals surface area contributed by atoms with Crippen molar-refractivity contribution in [2.75, 3.05) is 0 Å². The average Bonchev–Trinajstić information content (AvgIpc) is 3.19. The van der Waals surface area contributed by atoms with Crippen LogP contribution < -0.4 is 5.14 Å². The Hall–Kier alpha value is -3.22. The van der Waals surface area contributed by atoms with Gasteiger partial charge in [-0.15, -0.1) is 0 Å². The minimum absolute atomic E-state index is 0.0336. The van der Waals surface area contributed by atoms with Crippen LogP contribution in [0.25, 0.3) is 22.6 Å². The van der Waals surface area contributed by atoms with E-state index < -0.39 is 10.0 Å². The van der Waals surface area contributed by atoms with E-state index >= 15 is 0 Å². The summed E-state index contributed by atoms with van der Waals surface area (Å²) in [6, 6.07) is 26.4. The van der Waals surface area contributed by atoms with Gasteiger partial charge in [0.15, 0.2) is 11.7 Å². The molecule has 1 aromatic heterocycles. The zero-order chi connectivity index (χ0) is 21.0. The summed E-state index contributed by atoms with van der Waals surface area (Å²) < 4.78 is 30.4. The number of nitrogens with zero attached hydrogens (tertiary/aromatic N) is 1. The standard InChI is InChI=1S/C24H22N2O3S/c25-30(27,28)21-16-8-7-15-20(21)23-24(19-13-5-2-6-14-19)29-22(26-23)17-9-12-18-10-3-1-4-11-18/h1-8,10-11,13-16H,9,12,17H2,(H2,25,27,28). The maximum absolute atomic E-state index is 12.1. The quantitative estimate of drug-likeness (QED) is 0.466. The van der Waals surface area contributed by atoms with E-state index in [9.17, 15) is 8.42 Å². The third kappa shape index (κ3) is 4.50. The SMILES string of the molecule is NS(=O)(=O)c1ccccc1-c1nc(CCCc2ccccc2)oc1-c1ccccc1. The second-order valence-corrected chi connectivity index (χ2v) is 8.56. The zero-order valence-electron chi connectivity index (χ0n) is 16.4. The highest BCUT2D eigenvalue weighted by atomic mass is 32.2. The molecule has 0 spiro atoms. The summed E-state index contributed by atoms with van der Waals surface area (Å²) in [5, 5.41) is 5.45. The Kier molecular flexibility index (Phi) is 5.79. The molecule has 0 bridgehead atoms. The lowest BCUT2D eigenvalue weighted by Crippen LogP contribution is -2.13. The highest BCUT2D eigenvalue weighted by Crippen LogP contribution is 2.36. The Balaban J connectivity index is 1.71. The summed E-state index contributed by atoms with van der Waals surface area (Å²) in [5.74, 6) is 1.12. The molecule has 0 unspecified atom stereocenters. The highest BCUT2D eigenvalue weighted by molar-refractivity contribution is 7.89. The largest absolute Gasteiger partial charge is 0.440 e. The van der Waals surface area contributed by atoms with E-state index in [1.807, 2.05) is 48.5 Å². The van der Waals surface area contributed by atoms with Crippen LogP contribution >= 0.6 is 0 Å². The second kappa shape index (κ2) is 8.65. The molecule has 0 aliphatic rings. The van der Waals surface area contributed by atoms with Crippen LogP contribution in [0.4, 0.5) is 0 Å². The Morgan fingerprint density at radius 3 is 2.13 bits per heavy atom. The number of sulfonamides is 1. The molecule has 6 heteroatoms. The normalized spacial score (nSPS) is 11.5. The van der Waals surface area contributed by atoms with Gasteiger partial charge in [-0.2, -0.15) is 0 Å². The monoisotopic (exact) mass is 418 g/mol. The molecule has 0 saturated heterocycles. The molecule has 0 radical (unpaired) electrons. The van der Waals surface area contributed by atoms with Crippen molar-refractivity contribution in [1.82, 2.24) is 4.98 Å². The molecule has 0 saturated carbocycles. The summed E-state index contributed by atoms with van der Waals surface area (Å²) in [6.45, 7) is 0. The Morgan fingerprint density at radius 1 is 0.800 bits per heavy atom. The molecule has 0 aliphatic heterocycles. The Labute approximate surface area is 176 Å². The lowest BCUT2D eigenvalue weighted by molar-refractivity contribution is 0.498. The van der Waals surface area contributed by atoms with Crippen molar-refractivity contribution in [3.63, 3.8) is 0 Å². The lowest BCUT2D eigenvalue weighted by Gasteiger charge is -2.06. The van der Waals surface area contributed by atoms with E-state index in [0.29, 0.717) is 29.3 Å². The summed E-state index contributed by atoms with van der Waals surface area (Å²) in [4.78, 5) is 4.71. The summed E-state index contributed by atoms with van der Waals surface area (Å²) in [7, 11) is -3.91. The van der Waals surface area contributed by atoms with Crippen molar-refractivity contribution >= 4 is 10.0 Å². The van der Waals surface area contributed by atoms with Crippen LogP contribution in [0.3, 0.4) is 0 Å². The summed E-state index contributed by atoms with van der Waals surface area (Å²) in [5.41, 5.74) is 3.02. The smallest absolute Gasteiger partial charge is 0.238 e. The van der Waals surface area contributed by atoms with Gasteiger partial charge in [0, 0.05) is 17.5 Å². The fourth-order valence-electron chi connectivity index (χ4n) is 3.44. The van der Waals surface area contributed by atoms with E-state index in [1.54, 1.807) is 18.2 Å². The van der Waals surface area contributed by atoms with Gasteiger partial charge in [-0.1, -0.05) is 78.9 Å². The van der Waals surface area contributed by atoms with Gasteiger partial charge in [0.25, 0.3) is 0 Å². The first kappa shape index (κ1) is 20.1. The fraction of sp³-hybridized carbons (Fsp3) is 0.125. The number of nitrogens with two attached hydrogens (primary N) is 1. The number of oxazole rings is 1. The molecule has 1 heterocycles. The van der Waals surface area contributed by atoms with E-state index in [4.69, 9.17) is 9.56 Å². The minimum Gasteiger partial charge on any atom is -0.440 e. The van der Waals surface area contributed by atoms with Crippen molar-refractivity contribution in [2.45, 2.75) is 24.2 Å². The summed E-state index contributed by atoms with van der Waals surface area (Å²) in [6.07, 6.45) is 2.42. The number of rotatable bonds is 7. The van der Waals surface area contributed by atoms with Gasteiger partial charge in [0.1, 0.15) is 5.69 Å². The zero-order valence-corrected chi connectivity index (χ0v) is 17.2. The molecule has 4 aromatic rings. The van der Waals surface area contributed by atoms with E-state index in [2.05, 4.69) is 17.1 Å². The molecule has 0 fully saturated rings. The number of aryl methyl sites for hydroxylation is 2. The van der Waals surface area contributed by atoms with Crippen molar-refractivity contribution in [3.8, 4) is 22.6 Å². The predicted molar refractivity (Wildman–Crippen MR) is 117 cm³/mol. The number of primary sulfonamides is 1. The van der Waals surface area contributed by atoms with Crippen molar-refractivity contribution < 1.29 is 12.8 Å². The van der Waals surface area contributed by atoms with Crippen LogP contribution in [0, 0.1) is 0 Å². The van der Waals surface area contributed by atoms with Crippen LogP contribution in [0.5, 0.6) is 0 Å². The Morgan fingerprint density at radius 2 is 1.43 bits per heavy atom. The minimum atomic E-state index is -3.91. The van der Waals surface area contributed by atoms with Gasteiger partial charge in [-0.05, 0) is 24.5 Å². The molecular formula is C24H22N2O3S. The lowest BCUT2D eigenvalue weighted by atomic mass is 10.1. The van der Waals surface area contributed by atoms with Gasteiger partial charge in [0.2, 0.25) is 10.0 Å². The van der Waals surface area contributed by atoms with Crippen LogP contribution in [-0.2, 0) is 22.9 Å². The molecule has 3 aromatic carbocycles. The molecule has 0 atom stereocenters. The molecule has 152 valence electrons. The first-order chi connectivity index (χ1) is 14.5. The number of hydrogen-bond acceptors (Lipinski definition) is 4. The molecular weight excluding hydrogens is 396 g/mol. The van der Waals surface area contributed by atoms with Gasteiger partial charge in [-0.3, -0.25) is 0 Å². The van der Waals surface area contributed by atoms with E-state index in [-0.39, 0.29) is 4.90 Å². The molecule has 0 aliphatic carbocycles. The Bertz CT molecular complexity index is 1230. The van der Waals surface area contributed by atoms with Crippen LogP contribution in [0.1, 0.15) is 17.9 Å². The second-order valence-electron chi connectivity index (χ2n) is 7.03. The maximum Gasteiger partial charge on any atom is 0.238 e. The first-order valence-electron chi connectivity index (χ1n) is 9.73. The molecule has 4 rings (SSSR count). The van der Waals surface area contributed by atoms with E-state index in [0.717, 1.165) is 18.4 Å². The molecule has 30 heavy (non-hydrogen) atoms. The van der Waals surface area contributed by atoms with Crippen LogP contribution in [-0.4, -0.2) is 13.4 Å². The topological polar surface area (TPSA) is 86.2 Å². The predicted octanol–water partition coefficient (Wildman–Crippen LogP) is 4.83.